The summed E-state index contributed by atoms with van der Waals surface area (Å²) in [7, 11) is 0. The molecular weight excluding hydrogens is 410 g/mol. The highest BCUT2D eigenvalue weighted by molar-refractivity contribution is 6.34. The molecule has 4 aromatic rings. The van der Waals surface area contributed by atoms with Gasteiger partial charge in [0, 0.05) is 23.4 Å². The third-order valence-corrected chi connectivity index (χ3v) is 4.65. The Morgan fingerprint density at radius 1 is 1.07 bits per heavy atom. The van der Waals surface area contributed by atoms with Crippen molar-refractivity contribution in [2.75, 3.05) is 5.32 Å². The number of halogens is 1. The van der Waals surface area contributed by atoms with Crippen molar-refractivity contribution >= 4 is 39.8 Å². The second kappa shape index (κ2) is 7.76. The second-order valence-electron chi connectivity index (χ2n) is 6.28. The lowest BCUT2D eigenvalue weighted by Gasteiger charge is -2.08. The molecule has 148 valence electrons. The quantitative estimate of drug-likeness (QED) is 0.378. The van der Waals surface area contributed by atoms with Gasteiger partial charge < -0.3 is 9.73 Å². The summed E-state index contributed by atoms with van der Waals surface area (Å²) in [6, 6.07) is 17.0. The number of nitrogens with zero attached hydrogens (tertiary/aromatic N) is 2. The molecule has 30 heavy (non-hydrogen) atoms. The number of carbonyl (C=O) groups is 1. The van der Waals surface area contributed by atoms with E-state index in [9.17, 15) is 19.7 Å². The van der Waals surface area contributed by atoms with Gasteiger partial charge in [0.1, 0.15) is 0 Å². The zero-order valence-corrected chi connectivity index (χ0v) is 15.9. The van der Waals surface area contributed by atoms with Gasteiger partial charge in [-0.15, -0.1) is 0 Å². The maximum Gasteiger partial charge on any atom is 0.347 e. The lowest BCUT2D eigenvalue weighted by Crippen LogP contribution is -2.12. The molecule has 1 N–H and O–H groups in total. The van der Waals surface area contributed by atoms with E-state index in [1.165, 1.54) is 12.1 Å². The van der Waals surface area contributed by atoms with E-state index in [-0.39, 0.29) is 22.2 Å². The van der Waals surface area contributed by atoms with Crippen LogP contribution >= 0.6 is 11.6 Å². The van der Waals surface area contributed by atoms with Gasteiger partial charge in [0.15, 0.2) is 0 Å². The van der Waals surface area contributed by atoms with Crippen LogP contribution in [0.5, 0.6) is 0 Å². The summed E-state index contributed by atoms with van der Waals surface area (Å²) in [4.78, 5) is 39.1. The second-order valence-corrected chi connectivity index (χ2v) is 6.68. The van der Waals surface area contributed by atoms with Crippen LogP contribution in [0.3, 0.4) is 0 Å². The van der Waals surface area contributed by atoms with Gasteiger partial charge in [-0.2, -0.15) is 0 Å². The summed E-state index contributed by atoms with van der Waals surface area (Å²) < 4.78 is 5.29. The highest BCUT2D eigenvalue weighted by Gasteiger charge is 2.15. The fraction of sp³-hybridized carbons (Fsp3) is 0. The summed E-state index contributed by atoms with van der Waals surface area (Å²) >= 11 is 5.99. The summed E-state index contributed by atoms with van der Waals surface area (Å²) in [5.74, 6) is -0.354. The van der Waals surface area contributed by atoms with Crippen molar-refractivity contribution < 1.29 is 14.1 Å². The number of nitro benzene ring substituents is 1. The van der Waals surface area contributed by atoms with Crippen molar-refractivity contribution in [1.29, 1.82) is 0 Å². The van der Waals surface area contributed by atoms with Crippen molar-refractivity contribution in [3.63, 3.8) is 0 Å². The molecule has 1 amide bonds. The number of amides is 1. The molecule has 0 aliphatic rings. The van der Waals surface area contributed by atoms with Crippen LogP contribution in [0.25, 0.3) is 22.4 Å². The molecule has 0 fully saturated rings. The molecule has 0 bridgehead atoms. The summed E-state index contributed by atoms with van der Waals surface area (Å²) in [6.45, 7) is 0. The minimum Gasteiger partial charge on any atom is -0.403 e. The highest BCUT2D eigenvalue weighted by atomic mass is 35.5. The molecule has 0 saturated carbocycles. The molecule has 0 unspecified atom stereocenters. The van der Waals surface area contributed by atoms with Gasteiger partial charge >= 0.3 is 5.63 Å². The van der Waals surface area contributed by atoms with E-state index in [4.69, 9.17) is 16.0 Å². The maximum absolute atomic E-state index is 12.4. The molecule has 0 aliphatic carbocycles. The zero-order valence-electron chi connectivity index (χ0n) is 15.2. The number of aromatic nitrogens is 1. The number of non-ortho nitro benzene ring substituents is 1. The third kappa shape index (κ3) is 3.76. The van der Waals surface area contributed by atoms with E-state index in [2.05, 4.69) is 10.3 Å². The van der Waals surface area contributed by atoms with E-state index < -0.39 is 16.5 Å². The number of para-hydroxylation sites is 1. The van der Waals surface area contributed by atoms with Gasteiger partial charge in [0.2, 0.25) is 5.89 Å². The van der Waals surface area contributed by atoms with Gasteiger partial charge in [0.05, 0.1) is 26.4 Å². The molecule has 0 radical (unpaired) electrons. The van der Waals surface area contributed by atoms with Crippen molar-refractivity contribution in [3.8, 4) is 11.5 Å². The minimum absolute atomic E-state index is 0.0274. The maximum atomic E-state index is 12.4. The lowest BCUT2D eigenvalue weighted by atomic mass is 10.1. The number of fused-ring (bicyclic) bond motifs is 1. The zero-order chi connectivity index (χ0) is 21.3. The predicted octanol–water partition coefficient (Wildman–Crippen LogP) is 4.67. The Kier molecular flexibility index (Phi) is 4.99. The number of nitro groups is 1. The molecule has 0 saturated heterocycles. The average Bonchev–Trinajstić information content (AvgIpc) is 2.74. The molecule has 3 aromatic carbocycles. The Labute approximate surface area is 173 Å². The van der Waals surface area contributed by atoms with Crippen molar-refractivity contribution in [1.82, 2.24) is 4.98 Å². The molecular formula is C21H12ClN3O5. The number of anilines is 1. The number of nitrogens with one attached hydrogen (secondary N) is 1. The van der Waals surface area contributed by atoms with Crippen LogP contribution in [0, 0.1) is 10.1 Å². The Morgan fingerprint density at radius 3 is 2.50 bits per heavy atom. The van der Waals surface area contributed by atoms with Crippen LogP contribution in [0.4, 0.5) is 11.4 Å². The Morgan fingerprint density at radius 2 is 1.80 bits per heavy atom. The van der Waals surface area contributed by atoms with Crippen molar-refractivity contribution in [2.45, 2.75) is 0 Å². The van der Waals surface area contributed by atoms with E-state index in [0.29, 0.717) is 22.2 Å². The third-order valence-electron chi connectivity index (χ3n) is 4.33. The summed E-state index contributed by atoms with van der Waals surface area (Å²) in [5.41, 5.74) is 0.957. The normalized spacial score (nSPS) is 10.7. The van der Waals surface area contributed by atoms with Crippen LogP contribution in [0.2, 0.25) is 5.02 Å². The Hall–Kier alpha value is -4.04. The fourth-order valence-corrected chi connectivity index (χ4v) is 3.10. The molecule has 0 spiro atoms. The van der Waals surface area contributed by atoms with Gasteiger partial charge in [-0.1, -0.05) is 23.7 Å². The van der Waals surface area contributed by atoms with Gasteiger partial charge in [0.25, 0.3) is 11.6 Å². The topological polar surface area (TPSA) is 115 Å². The molecule has 1 aromatic heterocycles. The van der Waals surface area contributed by atoms with E-state index in [1.807, 2.05) is 0 Å². The highest BCUT2D eigenvalue weighted by Crippen LogP contribution is 2.25. The summed E-state index contributed by atoms with van der Waals surface area (Å²) in [5, 5.41) is 13.8. The standard InChI is InChI=1S/C21H12ClN3O5/c22-17-11-14(25(28)29)9-10-15(17)19(26)23-13-7-5-12(6-8-13)20-24-18-4-2-1-3-16(18)21(27)30-20/h1-11H,(H,23,26). The van der Waals surface area contributed by atoms with Crippen molar-refractivity contribution in [2.24, 2.45) is 0 Å². The first-order valence-electron chi connectivity index (χ1n) is 8.68. The molecule has 8 nitrogen and oxygen atoms in total. The van der Waals surface area contributed by atoms with Gasteiger partial charge in [-0.25, -0.2) is 9.78 Å². The Bertz CT molecular complexity index is 1350. The number of hydrogen-bond acceptors (Lipinski definition) is 6. The number of rotatable bonds is 4. The monoisotopic (exact) mass is 421 g/mol. The van der Waals surface area contributed by atoms with E-state index in [1.54, 1.807) is 48.5 Å². The van der Waals surface area contributed by atoms with Crippen molar-refractivity contribution in [3.05, 3.63) is 97.9 Å². The predicted molar refractivity (Wildman–Crippen MR) is 112 cm³/mol. The minimum atomic E-state index is -0.592. The first-order valence-corrected chi connectivity index (χ1v) is 9.06. The molecule has 0 atom stereocenters. The molecule has 1 heterocycles. The van der Waals surface area contributed by atoms with Crippen LogP contribution in [0.15, 0.2) is 75.9 Å². The lowest BCUT2D eigenvalue weighted by molar-refractivity contribution is -0.384. The number of carbonyl (C=O) groups excluding carboxylic acids is 1. The van der Waals surface area contributed by atoms with Crippen LogP contribution in [-0.2, 0) is 0 Å². The van der Waals surface area contributed by atoms with Crippen LogP contribution < -0.4 is 10.9 Å². The largest absolute Gasteiger partial charge is 0.403 e. The molecule has 0 aliphatic heterocycles. The smallest absolute Gasteiger partial charge is 0.347 e. The van der Waals surface area contributed by atoms with Crippen LogP contribution in [-0.4, -0.2) is 15.8 Å². The van der Waals surface area contributed by atoms with E-state index in [0.717, 1.165) is 6.07 Å². The first-order chi connectivity index (χ1) is 14.4. The summed E-state index contributed by atoms with van der Waals surface area (Å²) in [6.07, 6.45) is 0. The van der Waals surface area contributed by atoms with Gasteiger partial charge in [-0.3, -0.25) is 14.9 Å². The van der Waals surface area contributed by atoms with E-state index >= 15 is 0 Å². The number of benzene rings is 3. The fourth-order valence-electron chi connectivity index (χ4n) is 2.84. The van der Waals surface area contributed by atoms with Gasteiger partial charge in [-0.05, 0) is 42.5 Å². The first kappa shape index (κ1) is 19.3. The molecule has 4 rings (SSSR count). The SMILES string of the molecule is O=C(Nc1ccc(-c2nc3ccccc3c(=O)o2)cc1)c1ccc([N+](=O)[O-])cc1Cl. The van der Waals surface area contributed by atoms with Crippen LogP contribution in [0.1, 0.15) is 10.4 Å². The average molecular weight is 422 g/mol. The number of hydrogen-bond donors (Lipinski definition) is 1. The Balaban J connectivity index is 1.56. The molecule has 9 heteroatoms.